The van der Waals surface area contributed by atoms with Crippen molar-refractivity contribution in [1.29, 1.82) is 0 Å². The second kappa shape index (κ2) is 6.04. The summed E-state index contributed by atoms with van der Waals surface area (Å²) in [5.74, 6) is 0.897. The Labute approximate surface area is 113 Å². The van der Waals surface area contributed by atoms with Crippen LogP contribution in [-0.4, -0.2) is 16.8 Å². The SMILES string of the molecule is OCC(NCc1cc(Br)ccc1O)c1ccco1. The van der Waals surface area contributed by atoms with Crippen LogP contribution in [0.5, 0.6) is 5.75 Å². The van der Waals surface area contributed by atoms with Crippen molar-refractivity contribution >= 4 is 15.9 Å². The summed E-state index contributed by atoms with van der Waals surface area (Å²) in [7, 11) is 0. The first-order valence-corrected chi connectivity index (χ1v) is 6.35. The Morgan fingerprint density at radius 2 is 2.17 bits per heavy atom. The van der Waals surface area contributed by atoms with Gasteiger partial charge in [0.05, 0.1) is 18.9 Å². The van der Waals surface area contributed by atoms with Crippen LogP contribution in [0.3, 0.4) is 0 Å². The summed E-state index contributed by atoms with van der Waals surface area (Å²) in [4.78, 5) is 0. The molecule has 0 amide bonds. The molecular weight excluding hydrogens is 298 g/mol. The van der Waals surface area contributed by atoms with Crippen molar-refractivity contribution in [3.63, 3.8) is 0 Å². The molecule has 0 radical (unpaired) electrons. The maximum Gasteiger partial charge on any atom is 0.123 e. The summed E-state index contributed by atoms with van der Waals surface area (Å²) < 4.78 is 6.13. The second-order valence-corrected chi connectivity index (χ2v) is 4.82. The Kier molecular flexibility index (Phi) is 4.41. The largest absolute Gasteiger partial charge is 0.508 e. The van der Waals surface area contributed by atoms with Crippen LogP contribution in [0.15, 0.2) is 45.5 Å². The molecule has 0 saturated heterocycles. The Hall–Kier alpha value is -1.30. The number of hydrogen-bond donors (Lipinski definition) is 3. The van der Waals surface area contributed by atoms with Gasteiger partial charge >= 0.3 is 0 Å². The summed E-state index contributed by atoms with van der Waals surface area (Å²) in [5, 5.41) is 22.1. The van der Waals surface area contributed by atoms with Gasteiger partial charge in [-0.25, -0.2) is 0 Å². The lowest BCUT2D eigenvalue weighted by atomic mass is 10.1. The van der Waals surface area contributed by atoms with Gasteiger partial charge in [0, 0.05) is 16.6 Å². The molecule has 1 aromatic carbocycles. The molecule has 4 nitrogen and oxygen atoms in total. The van der Waals surface area contributed by atoms with E-state index in [9.17, 15) is 10.2 Å². The van der Waals surface area contributed by atoms with E-state index in [4.69, 9.17) is 4.42 Å². The molecule has 18 heavy (non-hydrogen) atoms. The van der Waals surface area contributed by atoms with Crippen molar-refractivity contribution in [3.8, 4) is 5.75 Å². The molecule has 1 unspecified atom stereocenters. The number of aliphatic hydroxyl groups is 1. The smallest absolute Gasteiger partial charge is 0.123 e. The summed E-state index contributed by atoms with van der Waals surface area (Å²) >= 11 is 3.35. The van der Waals surface area contributed by atoms with E-state index in [1.165, 1.54) is 0 Å². The Balaban J connectivity index is 2.04. The van der Waals surface area contributed by atoms with Crippen LogP contribution in [0.1, 0.15) is 17.4 Å². The molecule has 1 aromatic heterocycles. The number of hydrogen-bond acceptors (Lipinski definition) is 4. The maximum atomic E-state index is 9.70. The molecule has 1 heterocycles. The molecule has 3 N–H and O–H groups in total. The van der Waals surface area contributed by atoms with Gasteiger partial charge in [0.25, 0.3) is 0 Å². The highest BCUT2D eigenvalue weighted by Crippen LogP contribution is 2.22. The van der Waals surface area contributed by atoms with Gasteiger partial charge in [-0.15, -0.1) is 0 Å². The molecule has 0 aliphatic rings. The number of halogens is 1. The highest BCUT2D eigenvalue weighted by molar-refractivity contribution is 9.10. The lowest BCUT2D eigenvalue weighted by Gasteiger charge is -2.14. The van der Waals surface area contributed by atoms with Gasteiger partial charge in [0.1, 0.15) is 11.5 Å². The summed E-state index contributed by atoms with van der Waals surface area (Å²) in [6, 6.07) is 8.53. The van der Waals surface area contributed by atoms with Crippen molar-refractivity contribution < 1.29 is 14.6 Å². The third-order valence-corrected chi connectivity index (χ3v) is 3.14. The molecule has 0 aliphatic carbocycles. The molecule has 0 aliphatic heterocycles. The van der Waals surface area contributed by atoms with Gasteiger partial charge in [-0.1, -0.05) is 15.9 Å². The molecule has 96 valence electrons. The molecule has 0 spiro atoms. The zero-order valence-corrected chi connectivity index (χ0v) is 11.2. The number of aliphatic hydroxyl groups excluding tert-OH is 1. The van der Waals surface area contributed by atoms with Gasteiger partial charge in [-0.05, 0) is 30.3 Å². The van der Waals surface area contributed by atoms with Crippen molar-refractivity contribution in [2.45, 2.75) is 12.6 Å². The maximum absolute atomic E-state index is 9.70. The summed E-state index contributed by atoms with van der Waals surface area (Å²) in [5.41, 5.74) is 0.759. The predicted molar refractivity (Wildman–Crippen MR) is 71.2 cm³/mol. The monoisotopic (exact) mass is 311 g/mol. The molecular formula is C13H14BrNO3. The molecule has 1 atom stereocenters. The normalized spacial score (nSPS) is 12.6. The van der Waals surface area contributed by atoms with Crippen LogP contribution in [-0.2, 0) is 6.54 Å². The first-order chi connectivity index (χ1) is 8.70. The molecule has 0 bridgehead atoms. The van der Waals surface area contributed by atoms with E-state index in [1.807, 2.05) is 6.07 Å². The van der Waals surface area contributed by atoms with E-state index in [0.717, 1.165) is 10.0 Å². The standard InChI is InChI=1S/C13H14BrNO3/c14-10-3-4-12(17)9(6-10)7-15-11(8-16)13-2-1-5-18-13/h1-6,11,15-17H,7-8H2. The van der Waals surface area contributed by atoms with Crippen molar-refractivity contribution in [2.75, 3.05) is 6.61 Å². The highest BCUT2D eigenvalue weighted by Gasteiger charge is 2.13. The van der Waals surface area contributed by atoms with E-state index < -0.39 is 0 Å². The van der Waals surface area contributed by atoms with Crippen molar-refractivity contribution in [2.24, 2.45) is 0 Å². The van der Waals surface area contributed by atoms with Gasteiger partial charge in [0.15, 0.2) is 0 Å². The number of benzene rings is 1. The van der Waals surface area contributed by atoms with Crippen LogP contribution in [0, 0.1) is 0 Å². The van der Waals surface area contributed by atoms with Gasteiger partial charge < -0.3 is 19.9 Å². The number of furan rings is 1. The summed E-state index contributed by atoms with van der Waals surface area (Å²) in [6.07, 6.45) is 1.57. The lowest BCUT2D eigenvalue weighted by Crippen LogP contribution is -2.23. The average molecular weight is 312 g/mol. The zero-order chi connectivity index (χ0) is 13.0. The topological polar surface area (TPSA) is 65.6 Å². The highest BCUT2D eigenvalue weighted by atomic mass is 79.9. The molecule has 2 rings (SSSR count). The van der Waals surface area contributed by atoms with Gasteiger partial charge in [-0.3, -0.25) is 0 Å². The lowest BCUT2D eigenvalue weighted by molar-refractivity contribution is 0.225. The van der Waals surface area contributed by atoms with Crippen LogP contribution >= 0.6 is 15.9 Å². The van der Waals surface area contributed by atoms with Gasteiger partial charge in [-0.2, -0.15) is 0 Å². The number of phenolic OH excluding ortho intramolecular Hbond substituents is 1. The molecule has 0 fully saturated rings. The number of phenols is 1. The van der Waals surface area contributed by atoms with E-state index in [1.54, 1.807) is 30.5 Å². The van der Waals surface area contributed by atoms with E-state index in [0.29, 0.717) is 12.3 Å². The van der Waals surface area contributed by atoms with Crippen LogP contribution < -0.4 is 5.32 Å². The quantitative estimate of drug-likeness (QED) is 0.794. The molecule has 0 saturated carbocycles. The predicted octanol–water partition coefficient (Wildman–Crippen LogP) is 2.57. The van der Waals surface area contributed by atoms with Gasteiger partial charge in [0.2, 0.25) is 0 Å². The van der Waals surface area contributed by atoms with Crippen molar-refractivity contribution in [1.82, 2.24) is 5.32 Å². The zero-order valence-electron chi connectivity index (χ0n) is 9.64. The van der Waals surface area contributed by atoms with Crippen LogP contribution in [0.4, 0.5) is 0 Å². The Bertz CT molecular complexity index is 499. The fourth-order valence-corrected chi connectivity index (χ4v) is 2.08. The first kappa shape index (κ1) is 13.1. The Morgan fingerprint density at radius 3 is 2.83 bits per heavy atom. The average Bonchev–Trinajstić information content (AvgIpc) is 2.88. The Morgan fingerprint density at radius 1 is 1.33 bits per heavy atom. The third-order valence-electron chi connectivity index (χ3n) is 2.65. The van der Waals surface area contributed by atoms with E-state index >= 15 is 0 Å². The fourth-order valence-electron chi connectivity index (χ4n) is 1.67. The first-order valence-electron chi connectivity index (χ1n) is 5.55. The van der Waals surface area contributed by atoms with E-state index in [-0.39, 0.29) is 18.4 Å². The van der Waals surface area contributed by atoms with Crippen LogP contribution in [0.25, 0.3) is 0 Å². The number of nitrogens with one attached hydrogen (secondary N) is 1. The molecule has 5 heteroatoms. The third kappa shape index (κ3) is 3.13. The van der Waals surface area contributed by atoms with Crippen molar-refractivity contribution in [3.05, 3.63) is 52.4 Å². The summed E-state index contributed by atoms with van der Waals surface area (Å²) in [6.45, 7) is 0.374. The van der Waals surface area contributed by atoms with E-state index in [2.05, 4.69) is 21.2 Å². The minimum Gasteiger partial charge on any atom is -0.508 e. The molecule has 2 aromatic rings. The van der Waals surface area contributed by atoms with Crippen LogP contribution in [0.2, 0.25) is 0 Å². The minimum absolute atomic E-state index is 0.0672. The number of rotatable bonds is 5. The number of aromatic hydroxyl groups is 1. The fraction of sp³-hybridized carbons (Fsp3) is 0.231. The second-order valence-electron chi connectivity index (χ2n) is 3.90. The minimum atomic E-state index is -0.279.